The van der Waals surface area contributed by atoms with Crippen molar-refractivity contribution in [3.8, 4) is 0 Å². The molecule has 1 saturated heterocycles. The van der Waals surface area contributed by atoms with Crippen LogP contribution in [0.4, 0.5) is 0 Å². The van der Waals surface area contributed by atoms with Gasteiger partial charge in [-0.3, -0.25) is 9.59 Å². The van der Waals surface area contributed by atoms with E-state index in [1.165, 1.54) is 0 Å². The van der Waals surface area contributed by atoms with Crippen molar-refractivity contribution < 1.29 is 9.59 Å². The minimum absolute atomic E-state index is 0.0960. The maximum atomic E-state index is 11.5. The Morgan fingerprint density at radius 1 is 1.50 bits per heavy atom. The van der Waals surface area contributed by atoms with Gasteiger partial charge in [0.2, 0.25) is 11.8 Å². The quantitative estimate of drug-likeness (QED) is 0.527. The van der Waals surface area contributed by atoms with Gasteiger partial charge in [0.1, 0.15) is 6.04 Å². The van der Waals surface area contributed by atoms with Gasteiger partial charge >= 0.3 is 0 Å². The normalized spacial score (nSPS) is 28.4. The highest BCUT2D eigenvalue weighted by Crippen LogP contribution is 2.31. The third kappa shape index (κ3) is 1.87. The molecule has 0 aromatic heterocycles. The van der Waals surface area contributed by atoms with Crippen LogP contribution in [0.2, 0.25) is 0 Å². The van der Waals surface area contributed by atoms with Gasteiger partial charge in [-0.2, -0.15) is 0 Å². The summed E-state index contributed by atoms with van der Waals surface area (Å²) in [5.41, 5.74) is 5.70. The molecular formula is C9H15N3O2. The van der Waals surface area contributed by atoms with Crippen LogP contribution in [0.25, 0.3) is 0 Å². The predicted octanol–water partition coefficient (Wildman–Crippen LogP) is -1.27. The second kappa shape index (κ2) is 3.57. The van der Waals surface area contributed by atoms with Gasteiger partial charge in [0.05, 0.1) is 6.04 Å². The zero-order chi connectivity index (χ0) is 10.1. The van der Waals surface area contributed by atoms with E-state index in [1.54, 1.807) is 0 Å². The van der Waals surface area contributed by atoms with Crippen molar-refractivity contribution in [3.63, 3.8) is 0 Å². The molecule has 5 heteroatoms. The van der Waals surface area contributed by atoms with Gasteiger partial charge in [0.15, 0.2) is 0 Å². The topological polar surface area (TPSA) is 84.2 Å². The van der Waals surface area contributed by atoms with Crippen LogP contribution in [0.3, 0.4) is 0 Å². The predicted molar refractivity (Wildman–Crippen MR) is 50.3 cm³/mol. The summed E-state index contributed by atoms with van der Waals surface area (Å²) in [4.78, 5) is 22.7. The molecule has 1 heterocycles. The summed E-state index contributed by atoms with van der Waals surface area (Å²) in [6.07, 6.45) is 2.73. The number of carbonyl (C=O) groups excluding carboxylic acids is 2. The fraction of sp³-hybridized carbons (Fsp3) is 0.778. The van der Waals surface area contributed by atoms with E-state index in [-0.39, 0.29) is 17.9 Å². The molecule has 2 atom stereocenters. The van der Waals surface area contributed by atoms with E-state index in [1.807, 2.05) is 0 Å². The summed E-state index contributed by atoms with van der Waals surface area (Å²) >= 11 is 0. The molecule has 0 aromatic rings. The maximum Gasteiger partial charge on any atom is 0.242 e. The lowest BCUT2D eigenvalue weighted by atomic mass is 10.1. The van der Waals surface area contributed by atoms with Crippen LogP contribution in [-0.4, -0.2) is 30.4 Å². The van der Waals surface area contributed by atoms with Gasteiger partial charge in [-0.15, -0.1) is 0 Å². The summed E-state index contributed by atoms with van der Waals surface area (Å²) in [7, 11) is 0. The molecule has 1 aliphatic heterocycles. The van der Waals surface area contributed by atoms with E-state index in [0.717, 1.165) is 12.8 Å². The van der Waals surface area contributed by atoms with Gasteiger partial charge in [-0.05, 0) is 25.2 Å². The highest BCUT2D eigenvalue weighted by atomic mass is 16.2. The number of nitrogens with one attached hydrogen (secondary N) is 2. The average Bonchev–Trinajstić information content (AvgIpc) is 2.92. The Hall–Kier alpha value is -1.10. The lowest BCUT2D eigenvalue weighted by Crippen LogP contribution is -2.48. The van der Waals surface area contributed by atoms with E-state index in [9.17, 15) is 9.59 Å². The van der Waals surface area contributed by atoms with E-state index in [4.69, 9.17) is 5.73 Å². The fourth-order valence-electron chi connectivity index (χ4n) is 1.67. The van der Waals surface area contributed by atoms with Gasteiger partial charge in [-0.1, -0.05) is 0 Å². The number of amides is 2. The molecule has 2 fully saturated rings. The SMILES string of the molecule is NC(C(=O)N[C@H]1CCNC1=O)C1CC1. The van der Waals surface area contributed by atoms with E-state index < -0.39 is 6.04 Å². The van der Waals surface area contributed by atoms with Crippen LogP contribution in [0.15, 0.2) is 0 Å². The Bertz CT molecular complexity index is 263. The van der Waals surface area contributed by atoms with E-state index >= 15 is 0 Å². The summed E-state index contributed by atoms with van der Waals surface area (Å²) in [6, 6.07) is -0.796. The molecule has 1 saturated carbocycles. The third-order valence-corrected chi connectivity index (χ3v) is 2.80. The highest BCUT2D eigenvalue weighted by molar-refractivity contribution is 5.91. The Kier molecular flexibility index (Phi) is 2.41. The number of nitrogens with two attached hydrogens (primary N) is 1. The zero-order valence-electron chi connectivity index (χ0n) is 7.95. The fourth-order valence-corrected chi connectivity index (χ4v) is 1.67. The zero-order valence-corrected chi connectivity index (χ0v) is 7.95. The number of hydrogen-bond donors (Lipinski definition) is 3. The Labute approximate surface area is 82.4 Å². The standard InChI is InChI=1S/C9H15N3O2/c10-7(5-1-2-5)9(14)12-6-3-4-11-8(6)13/h5-7H,1-4,10H2,(H,11,13)(H,12,14)/t6-,7?/m0/s1. The Morgan fingerprint density at radius 3 is 2.71 bits per heavy atom. The van der Waals surface area contributed by atoms with Crippen LogP contribution >= 0.6 is 0 Å². The highest BCUT2D eigenvalue weighted by Gasteiger charge is 2.35. The number of hydrogen-bond acceptors (Lipinski definition) is 3. The van der Waals surface area contributed by atoms with Crippen molar-refractivity contribution in [1.29, 1.82) is 0 Å². The second-order valence-corrected chi connectivity index (χ2v) is 4.00. The molecule has 1 unspecified atom stereocenters. The molecule has 4 N–H and O–H groups in total. The van der Waals surface area contributed by atoms with Crippen molar-refractivity contribution in [1.82, 2.24) is 10.6 Å². The molecule has 1 aliphatic carbocycles. The van der Waals surface area contributed by atoms with Crippen molar-refractivity contribution in [2.75, 3.05) is 6.54 Å². The first-order valence-corrected chi connectivity index (χ1v) is 5.02. The van der Waals surface area contributed by atoms with Crippen molar-refractivity contribution in [3.05, 3.63) is 0 Å². The monoisotopic (exact) mass is 197 g/mol. The van der Waals surface area contributed by atoms with Crippen LogP contribution < -0.4 is 16.4 Å². The van der Waals surface area contributed by atoms with E-state index in [0.29, 0.717) is 18.9 Å². The van der Waals surface area contributed by atoms with Crippen LogP contribution in [0, 0.1) is 5.92 Å². The average molecular weight is 197 g/mol. The largest absolute Gasteiger partial charge is 0.354 e. The van der Waals surface area contributed by atoms with Crippen molar-refractivity contribution in [2.45, 2.75) is 31.3 Å². The van der Waals surface area contributed by atoms with Gasteiger partial charge in [0, 0.05) is 6.54 Å². The molecular weight excluding hydrogens is 182 g/mol. The molecule has 14 heavy (non-hydrogen) atoms. The molecule has 78 valence electrons. The lowest BCUT2D eigenvalue weighted by Gasteiger charge is -2.14. The molecule has 0 bridgehead atoms. The van der Waals surface area contributed by atoms with Crippen LogP contribution in [0.1, 0.15) is 19.3 Å². The van der Waals surface area contributed by atoms with Gasteiger partial charge in [0.25, 0.3) is 0 Å². The molecule has 0 radical (unpaired) electrons. The minimum Gasteiger partial charge on any atom is -0.354 e. The first-order valence-electron chi connectivity index (χ1n) is 5.02. The van der Waals surface area contributed by atoms with Crippen molar-refractivity contribution >= 4 is 11.8 Å². The molecule has 5 nitrogen and oxygen atoms in total. The Morgan fingerprint density at radius 2 is 2.21 bits per heavy atom. The third-order valence-electron chi connectivity index (χ3n) is 2.80. The number of rotatable bonds is 3. The molecule has 0 spiro atoms. The molecule has 0 aromatic carbocycles. The van der Waals surface area contributed by atoms with Gasteiger partial charge < -0.3 is 16.4 Å². The van der Waals surface area contributed by atoms with Gasteiger partial charge in [-0.25, -0.2) is 0 Å². The smallest absolute Gasteiger partial charge is 0.242 e. The molecule has 2 rings (SSSR count). The summed E-state index contributed by atoms with van der Waals surface area (Å²) < 4.78 is 0. The molecule has 2 aliphatic rings. The maximum absolute atomic E-state index is 11.5. The Balaban J connectivity index is 1.83. The second-order valence-electron chi connectivity index (χ2n) is 4.00. The summed E-state index contributed by atoms with van der Waals surface area (Å²) in [6.45, 7) is 0.641. The van der Waals surface area contributed by atoms with E-state index in [2.05, 4.69) is 10.6 Å². The first kappa shape index (κ1) is 9.45. The molecule has 2 amide bonds. The first-order chi connectivity index (χ1) is 6.68. The summed E-state index contributed by atoms with van der Waals surface area (Å²) in [5, 5.41) is 5.34. The lowest BCUT2D eigenvalue weighted by molar-refractivity contribution is -0.128. The number of carbonyl (C=O) groups is 2. The van der Waals surface area contributed by atoms with Crippen LogP contribution in [-0.2, 0) is 9.59 Å². The van der Waals surface area contributed by atoms with Crippen molar-refractivity contribution in [2.24, 2.45) is 11.7 Å². The minimum atomic E-state index is -0.427. The van der Waals surface area contributed by atoms with Crippen LogP contribution in [0.5, 0.6) is 0 Å². The summed E-state index contributed by atoms with van der Waals surface area (Å²) in [5.74, 6) is 0.0513.